The Bertz CT molecular complexity index is 1330. The topological polar surface area (TPSA) is 36.9 Å². The van der Waals surface area contributed by atoms with Crippen molar-refractivity contribution < 1.29 is 18.9 Å². The van der Waals surface area contributed by atoms with Crippen LogP contribution in [0.1, 0.15) is 97.1 Å². The van der Waals surface area contributed by atoms with Crippen LogP contribution in [0.15, 0.2) is 60.7 Å². The lowest BCUT2D eigenvalue weighted by atomic mass is 9.43. The van der Waals surface area contributed by atoms with Gasteiger partial charge in [0, 0.05) is 12.3 Å². The van der Waals surface area contributed by atoms with Gasteiger partial charge in [-0.15, -0.1) is 0 Å². The van der Waals surface area contributed by atoms with Crippen LogP contribution < -0.4 is 0 Å². The molecule has 0 aromatic heterocycles. The molecular formula is C41H56O4. The molecule has 0 N–H and O–H groups in total. The summed E-state index contributed by atoms with van der Waals surface area (Å²) in [5.41, 5.74) is 3.09. The summed E-state index contributed by atoms with van der Waals surface area (Å²) in [6, 6.07) is 21.5. The second-order valence-electron chi connectivity index (χ2n) is 17.0. The fraction of sp³-hybridized carbons (Fsp3) is 0.707. The highest BCUT2D eigenvalue weighted by molar-refractivity contribution is 5.19. The summed E-state index contributed by atoms with van der Waals surface area (Å²) in [5, 5.41) is 0. The van der Waals surface area contributed by atoms with E-state index in [0.29, 0.717) is 54.8 Å². The maximum absolute atomic E-state index is 7.14. The molecule has 4 saturated carbocycles. The zero-order valence-electron chi connectivity index (χ0n) is 28.3. The molecule has 1 spiro atoms. The minimum atomic E-state index is -0.382. The van der Waals surface area contributed by atoms with Crippen LogP contribution in [-0.4, -0.2) is 30.2 Å². The molecule has 8 rings (SSSR count). The highest BCUT2D eigenvalue weighted by atomic mass is 16.8. The molecule has 2 aromatic rings. The Labute approximate surface area is 271 Å². The van der Waals surface area contributed by atoms with E-state index < -0.39 is 0 Å². The minimum absolute atomic E-state index is 0.235. The van der Waals surface area contributed by atoms with Gasteiger partial charge in [0.05, 0.1) is 37.6 Å². The van der Waals surface area contributed by atoms with Gasteiger partial charge < -0.3 is 18.9 Å². The molecule has 244 valence electrons. The van der Waals surface area contributed by atoms with Crippen LogP contribution in [0.4, 0.5) is 0 Å². The summed E-state index contributed by atoms with van der Waals surface area (Å²) >= 11 is 0. The van der Waals surface area contributed by atoms with Gasteiger partial charge in [-0.1, -0.05) is 95.3 Å². The van der Waals surface area contributed by atoms with Gasteiger partial charge in [0.25, 0.3) is 0 Å². The van der Waals surface area contributed by atoms with Crippen LogP contribution >= 0.6 is 0 Å². The van der Waals surface area contributed by atoms with Gasteiger partial charge in [0.1, 0.15) is 0 Å². The molecule has 2 aromatic carbocycles. The van der Waals surface area contributed by atoms with Gasteiger partial charge in [-0.2, -0.15) is 0 Å². The number of ether oxygens (including phenoxy) is 4. The summed E-state index contributed by atoms with van der Waals surface area (Å²) in [4.78, 5) is 0. The predicted molar refractivity (Wildman–Crippen MR) is 177 cm³/mol. The first-order valence-electron chi connectivity index (χ1n) is 18.4. The van der Waals surface area contributed by atoms with E-state index in [2.05, 4.69) is 95.3 Å². The minimum Gasteiger partial charge on any atom is -0.374 e. The zero-order valence-corrected chi connectivity index (χ0v) is 28.3. The second kappa shape index (κ2) is 11.5. The molecule has 6 fully saturated rings. The second-order valence-corrected chi connectivity index (χ2v) is 17.0. The molecule has 0 amide bonds. The number of fused-ring (bicyclic) bond motifs is 7. The summed E-state index contributed by atoms with van der Waals surface area (Å²) in [5.74, 6) is 3.79. The van der Waals surface area contributed by atoms with Crippen molar-refractivity contribution in [3.63, 3.8) is 0 Å². The van der Waals surface area contributed by atoms with E-state index in [9.17, 15) is 0 Å². The number of rotatable bonds is 7. The number of benzene rings is 2. The van der Waals surface area contributed by atoms with E-state index in [-0.39, 0.29) is 34.9 Å². The summed E-state index contributed by atoms with van der Waals surface area (Å²) in [6.45, 7) is 13.9. The average molecular weight is 613 g/mol. The van der Waals surface area contributed by atoms with Crippen molar-refractivity contribution >= 4 is 0 Å². The van der Waals surface area contributed by atoms with Crippen molar-refractivity contribution in [2.24, 2.45) is 52.3 Å². The molecule has 6 aliphatic rings. The summed E-state index contributed by atoms with van der Waals surface area (Å²) in [7, 11) is 0. The van der Waals surface area contributed by atoms with E-state index in [1.807, 2.05) is 0 Å². The maximum atomic E-state index is 7.14. The van der Waals surface area contributed by atoms with Gasteiger partial charge >= 0.3 is 0 Å². The highest BCUT2D eigenvalue weighted by Gasteiger charge is 2.73. The van der Waals surface area contributed by atoms with Crippen LogP contribution in [0.2, 0.25) is 0 Å². The molecule has 2 aliphatic heterocycles. The third-order valence-electron chi connectivity index (χ3n) is 14.3. The Morgan fingerprint density at radius 1 is 0.756 bits per heavy atom. The number of hydrogen-bond acceptors (Lipinski definition) is 4. The first-order chi connectivity index (χ1) is 21.7. The first-order valence-corrected chi connectivity index (χ1v) is 18.4. The molecule has 2 bridgehead atoms. The van der Waals surface area contributed by atoms with Gasteiger partial charge in [0.2, 0.25) is 0 Å². The lowest BCUT2D eigenvalue weighted by Gasteiger charge is -2.63. The van der Waals surface area contributed by atoms with Crippen molar-refractivity contribution in [3.8, 4) is 0 Å². The van der Waals surface area contributed by atoms with E-state index >= 15 is 0 Å². The highest BCUT2D eigenvalue weighted by Crippen LogP contribution is 2.73. The van der Waals surface area contributed by atoms with Crippen LogP contribution in [0.3, 0.4) is 0 Å². The van der Waals surface area contributed by atoms with Crippen molar-refractivity contribution in [1.82, 2.24) is 0 Å². The summed E-state index contributed by atoms with van der Waals surface area (Å²) < 4.78 is 27.9. The Hall–Kier alpha value is -1.72. The number of hydrogen-bond donors (Lipinski definition) is 0. The van der Waals surface area contributed by atoms with Gasteiger partial charge in [0.15, 0.2) is 5.79 Å². The largest absolute Gasteiger partial charge is 0.374 e. The van der Waals surface area contributed by atoms with Crippen molar-refractivity contribution in [3.05, 3.63) is 71.8 Å². The van der Waals surface area contributed by atoms with Crippen molar-refractivity contribution in [2.75, 3.05) is 0 Å². The monoisotopic (exact) mass is 612 g/mol. The quantitative estimate of drug-likeness (QED) is 0.312. The molecule has 13 atom stereocenters. The summed E-state index contributed by atoms with van der Waals surface area (Å²) in [6.07, 6.45) is 10.6. The van der Waals surface area contributed by atoms with Crippen LogP contribution in [-0.2, 0) is 32.2 Å². The zero-order chi connectivity index (χ0) is 31.0. The third-order valence-corrected chi connectivity index (χ3v) is 14.3. The molecule has 0 unspecified atom stereocenters. The fourth-order valence-corrected chi connectivity index (χ4v) is 12.4. The Kier molecular flexibility index (Phi) is 7.80. The van der Waals surface area contributed by atoms with Crippen LogP contribution in [0.5, 0.6) is 0 Å². The van der Waals surface area contributed by atoms with Crippen molar-refractivity contribution in [2.45, 2.75) is 129 Å². The molecule has 4 heteroatoms. The molecule has 45 heavy (non-hydrogen) atoms. The standard InChI is InChI=1S/C41H56O4/c1-26(2)37-36-20-27(3)38-40(5)19-17-32-31(34(40)23-41(38,44-36)45-37)22-35(43-25-29-14-10-7-11-15-29)33-21-30(16-18-39(32,33)4)42-24-28-12-8-6-9-13-28/h6-15,26-27,30-38H,16-25H2,1-5H3/t27-,30+,31-,32+,33-,34+,35-,36-,37+,38-,39-,40+,41+/m1/s1. The molecule has 4 aliphatic carbocycles. The van der Waals surface area contributed by atoms with Crippen molar-refractivity contribution in [1.29, 1.82) is 0 Å². The first kappa shape index (κ1) is 30.6. The lowest BCUT2D eigenvalue weighted by molar-refractivity contribution is -0.241. The molecule has 0 radical (unpaired) electrons. The van der Waals surface area contributed by atoms with E-state index in [1.165, 1.54) is 30.4 Å². The van der Waals surface area contributed by atoms with Gasteiger partial charge in [-0.05, 0) is 102 Å². The van der Waals surface area contributed by atoms with Crippen LogP contribution in [0, 0.1) is 52.3 Å². The third kappa shape index (κ3) is 4.99. The maximum Gasteiger partial charge on any atom is 0.173 e. The Morgan fingerprint density at radius 3 is 2.11 bits per heavy atom. The lowest BCUT2D eigenvalue weighted by Crippen LogP contribution is -2.59. The Balaban J connectivity index is 1.08. The average Bonchev–Trinajstić information content (AvgIpc) is 3.49. The SMILES string of the molecule is CC(C)[C@@H]1O[C@@]23C[C@H]4[C@@H]5C[C@@H](OCc6ccccc6)[C@H]6C[C@@H](OCc7ccccc7)CC[C@]6(C)[C@H]5CC[C@]4(C)[C@H]2[C@H](C)C[C@H]1O3. The Morgan fingerprint density at radius 2 is 1.42 bits per heavy atom. The van der Waals surface area contributed by atoms with E-state index in [4.69, 9.17) is 18.9 Å². The molecule has 4 nitrogen and oxygen atoms in total. The molecular weight excluding hydrogens is 556 g/mol. The van der Waals surface area contributed by atoms with Crippen LogP contribution in [0.25, 0.3) is 0 Å². The smallest absolute Gasteiger partial charge is 0.173 e. The fourth-order valence-electron chi connectivity index (χ4n) is 12.4. The van der Waals surface area contributed by atoms with E-state index in [1.54, 1.807) is 0 Å². The van der Waals surface area contributed by atoms with Gasteiger partial charge in [-0.25, -0.2) is 0 Å². The molecule has 2 saturated heterocycles. The molecule has 2 heterocycles. The van der Waals surface area contributed by atoms with Gasteiger partial charge in [-0.3, -0.25) is 0 Å². The normalized spacial score (nSPS) is 46.7. The van der Waals surface area contributed by atoms with E-state index in [0.717, 1.165) is 38.0 Å². The predicted octanol–water partition coefficient (Wildman–Crippen LogP) is 9.21.